The highest BCUT2D eigenvalue weighted by Crippen LogP contribution is 2.38. The van der Waals surface area contributed by atoms with Gasteiger partial charge in [0.15, 0.2) is 11.5 Å². The van der Waals surface area contributed by atoms with Crippen LogP contribution >= 0.6 is 0 Å². The summed E-state index contributed by atoms with van der Waals surface area (Å²) < 4.78 is 16.2. The van der Waals surface area contributed by atoms with E-state index in [1.807, 2.05) is 12.1 Å². The number of nitrogens with one attached hydrogen (secondary N) is 1. The second-order valence-electron chi connectivity index (χ2n) is 6.09. The van der Waals surface area contributed by atoms with Crippen LogP contribution in [0.4, 0.5) is 0 Å². The highest BCUT2D eigenvalue weighted by atomic mass is 16.5. The number of ether oxygens (including phenoxy) is 3. The summed E-state index contributed by atoms with van der Waals surface area (Å²) in [5.41, 5.74) is 5.47. The standard InChI is InChI=1S/C20H25NO3/c1-22-18-10-15(11-19(23-2)20(18)24-3)13-21-12-14-7-8-16-5-4-6-17(16)9-14/h7-11,21H,4-6,12-13H2,1-3H3. The molecule has 3 rings (SSSR count). The highest BCUT2D eigenvalue weighted by Gasteiger charge is 2.13. The SMILES string of the molecule is COc1cc(CNCc2ccc3c(c2)CCC3)cc(OC)c1OC. The summed E-state index contributed by atoms with van der Waals surface area (Å²) in [5.74, 6) is 2.00. The van der Waals surface area contributed by atoms with Gasteiger partial charge in [0.1, 0.15) is 0 Å². The number of fused-ring (bicyclic) bond motifs is 1. The summed E-state index contributed by atoms with van der Waals surface area (Å²) in [6.45, 7) is 1.59. The highest BCUT2D eigenvalue weighted by molar-refractivity contribution is 5.53. The summed E-state index contributed by atoms with van der Waals surface area (Å²) in [7, 11) is 4.89. The van der Waals surface area contributed by atoms with E-state index >= 15 is 0 Å². The molecule has 0 unspecified atom stereocenters. The van der Waals surface area contributed by atoms with Crippen molar-refractivity contribution >= 4 is 0 Å². The first-order valence-electron chi connectivity index (χ1n) is 8.35. The van der Waals surface area contributed by atoms with Gasteiger partial charge in [0, 0.05) is 13.1 Å². The fourth-order valence-corrected chi connectivity index (χ4v) is 3.32. The molecule has 0 fully saturated rings. The average Bonchev–Trinajstić information content (AvgIpc) is 3.08. The molecule has 4 heteroatoms. The molecule has 2 aromatic rings. The molecular formula is C20H25NO3. The molecule has 2 aromatic carbocycles. The zero-order valence-electron chi connectivity index (χ0n) is 14.6. The zero-order valence-corrected chi connectivity index (χ0v) is 14.6. The number of hydrogen-bond donors (Lipinski definition) is 1. The molecule has 128 valence electrons. The Balaban J connectivity index is 1.66. The Hall–Kier alpha value is -2.20. The van der Waals surface area contributed by atoms with Crippen molar-refractivity contribution in [1.29, 1.82) is 0 Å². The molecule has 0 spiro atoms. The number of aryl methyl sites for hydroxylation is 2. The fourth-order valence-electron chi connectivity index (χ4n) is 3.32. The molecule has 0 heterocycles. The third kappa shape index (κ3) is 3.49. The zero-order chi connectivity index (χ0) is 16.9. The maximum Gasteiger partial charge on any atom is 0.203 e. The summed E-state index contributed by atoms with van der Waals surface area (Å²) in [4.78, 5) is 0. The van der Waals surface area contributed by atoms with Crippen molar-refractivity contribution in [2.24, 2.45) is 0 Å². The van der Waals surface area contributed by atoms with Crippen molar-refractivity contribution in [2.45, 2.75) is 32.4 Å². The van der Waals surface area contributed by atoms with Crippen LogP contribution in [0.15, 0.2) is 30.3 Å². The van der Waals surface area contributed by atoms with E-state index in [4.69, 9.17) is 14.2 Å². The van der Waals surface area contributed by atoms with E-state index in [0.29, 0.717) is 17.2 Å². The molecule has 1 aliphatic carbocycles. The van der Waals surface area contributed by atoms with Crippen molar-refractivity contribution in [3.05, 3.63) is 52.6 Å². The van der Waals surface area contributed by atoms with Gasteiger partial charge in [0.05, 0.1) is 21.3 Å². The normalized spacial score (nSPS) is 12.8. The Morgan fingerprint density at radius 2 is 1.46 bits per heavy atom. The van der Waals surface area contributed by atoms with Gasteiger partial charge in [-0.3, -0.25) is 0 Å². The largest absolute Gasteiger partial charge is 0.493 e. The van der Waals surface area contributed by atoms with Crippen molar-refractivity contribution in [2.75, 3.05) is 21.3 Å². The molecule has 0 bridgehead atoms. The first-order valence-corrected chi connectivity index (χ1v) is 8.35. The molecule has 0 atom stereocenters. The lowest BCUT2D eigenvalue weighted by molar-refractivity contribution is 0.323. The molecule has 1 N–H and O–H groups in total. The summed E-state index contributed by atoms with van der Waals surface area (Å²) in [5, 5.41) is 3.50. The van der Waals surface area contributed by atoms with E-state index in [-0.39, 0.29) is 0 Å². The van der Waals surface area contributed by atoms with Crippen LogP contribution in [0.2, 0.25) is 0 Å². The van der Waals surface area contributed by atoms with Crippen LogP contribution in [0, 0.1) is 0 Å². The molecular weight excluding hydrogens is 302 g/mol. The second kappa shape index (κ2) is 7.58. The Labute approximate surface area is 143 Å². The maximum atomic E-state index is 5.40. The number of benzene rings is 2. The average molecular weight is 327 g/mol. The monoisotopic (exact) mass is 327 g/mol. The third-order valence-corrected chi connectivity index (χ3v) is 4.55. The molecule has 0 aromatic heterocycles. The lowest BCUT2D eigenvalue weighted by atomic mass is 10.1. The van der Waals surface area contributed by atoms with Gasteiger partial charge in [0.2, 0.25) is 5.75 Å². The van der Waals surface area contributed by atoms with Gasteiger partial charge in [-0.05, 0) is 53.6 Å². The van der Waals surface area contributed by atoms with E-state index in [0.717, 1.165) is 18.7 Å². The maximum absolute atomic E-state index is 5.40. The van der Waals surface area contributed by atoms with E-state index in [2.05, 4.69) is 23.5 Å². The molecule has 0 radical (unpaired) electrons. The molecule has 0 aliphatic heterocycles. The van der Waals surface area contributed by atoms with Gasteiger partial charge in [0.25, 0.3) is 0 Å². The van der Waals surface area contributed by atoms with Crippen LogP contribution < -0.4 is 19.5 Å². The van der Waals surface area contributed by atoms with Crippen LogP contribution in [0.3, 0.4) is 0 Å². The minimum Gasteiger partial charge on any atom is -0.493 e. The van der Waals surface area contributed by atoms with Crippen LogP contribution in [0.1, 0.15) is 28.7 Å². The quantitative estimate of drug-likeness (QED) is 0.845. The molecule has 1 aliphatic rings. The van der Waals surface area contributed by atoms with Crippen molar-refractivity contribution in [3.63, 3.8) is 0 Å². The Bertz CT molecular complexity index is 687. The predicted octanol–water partition coefficient (Wildman–Crippen LogP) is 3.49. The molecule has 0 amide bonds. The number of methoxy groups -OCH3 is 3. The van der Waals surface area contributed by atoms with Crippen LogP contribution in [0.25, 0.3) is 0 Å². The van der Waals surface area contributed by atoms with Gasteiger partial charge in [-0.15, -0.1) is 0 Å². The predicted molar refractivity (Wildman–Crippen MR) is 95.1 cm³/mol. The number of rotatable bonds is 7. The van der Waals surface area contributed by atoms with E-state index in [9.17, 15) is 0 Å². The van der Waals surface area contributed by atoms with Gasteiger partial charge >= 0.3 is 0 Å². The molecule has 0 saturated carbocycles. The second-order valence-corrected chi connectivity index (χ2v) is 6.09. The van der Waals surface area contributed by atoms with Crippen LogP contribution in [-0.4, -0.2) is 21.3 Å². The first-order chi connectivity index (χ1) is 11.7. The van der Waals surface area contributed by atoms with Gasteiger partial charge in [-0.25, -0.2) is 0 Å². The summed E-state index contributed by atoms with van der Waals surface area (Å²) in [6.07, 6.45) is 3.74. The fraction of sp³-hybridized carbons (Fsp3) is 0.400. The Morgan fingerprint density at radius 1 is 0.792 bits per heavy atom. The number of hydrogen-bond acceptors (Lipinski definition) is 4. The van der Waals surface area contributed by atoms with Gasteiger partial charge in [-0.2, -0.15) is 0 Å². The Morgan fingerprint density at radius 3 is 2.12 bits per heavy atom. The van der Waals surface area contributed by atoms with E-state index < -0.39 is 0 Å². The third-order valence-electron chi connectivity index (χ3n) is 4.55. The minimum atomic E-state index is 0.627. The minimum absolute atomic E-state index is 0.627. The first kappa shape index (κ1) is 16.7. The van der Waals surface area contributed by atoms with Crippen molar-refractivity contribution in [3.8, 4) is 17.2 Å². The molecule has 4 nitrogen and oxygen atoms in total. The lowest BCUT2D eigenvalue weighted by Crippen LogP contribution is -2.13. The molecule has 24 heavy (non-hydrogen) atoms. The molecule has 0 saturated heterocycles. The van der Waals surface area contributed by atoms with Crippen molar-refractivity contribution in [1.82, 2.24) is 5.32 Å². The smallest absolute Gasteiger partial charge is 0.203 e. The topological polar surface area (TPSA) is 39.7 Å². The van der Waals surface area contributed by atoms with Gasteiger partial charge in [-0.1, -0.05) is 18.2 Å². The Kier molecular flexibility index (Phi) is 5.26. The summed E-state index contributed by atoms with van der Waals surface area (Å²) >= 11 is 0. The summed E-state index contributed by atoms with van der Waals surface area (Å²) in [6, 6.07) is 10.8. The van der Waals surface area contributed by atoms with Crippen LogP contribution in [0.5, 0.6) is 17.2 Å². The van der Waals surface area contributed by atoms with Gasteiger partial charge < -0.3 is 19.5 Å². The lowest BCUT2D eigenvalue weighted by Gasteiger charge is -2.14. The van der Waals surface area contributed by atoms with Crippen LogP contribution in [-0.2, 0) is 25.9 Å². The van der Waals surface area contributed by atoms with E-state index in [1.165, 1.54) is 36.0 Å². The van der Waals surface area contributed by atoms with Crippen molar-refractivity contribution < 1.29 is 14.2 Å². The van der Waals surface area contributed by atoms with E-state index in [1.54, 1.807) is 21.3 Å².